The van der Waals surface area contributed by atoms with Crippen molar-refractivity contribution in [2.45, 2.75) is 51.2 Å². The van der Waals surface area contributed by atoms with Crippen molar-refractivity contribution < 1.29 is 28.7 Å². The van der Waals surface area contributed by atoms with Crippen molar-refractivity contribution >= 4 is 51.9 Å². The largest absolute Gasteiger partial charge is 0.493 e. The summed E-state index contributed by atoms with van der Waals surface area (Å²) in [5, 5.41) is 3.60. The number of nitrogens with one attached hydrogen (secondary N) is 2. The Morgan fingerprint density at radius 1 is 0.680 bits per heavy atom. The first-order valence-electron chi connectivity index (χ1n) is 16.4. The third kappa shape index (κ3) is 11.0. The summed E-state index contributed by atoms with van der Waals surface area (Å²) in [6.45, 7) is 5.33. The number of pyridine rings is 2. The SMILES string of the molecule is CCc1ccc(CCOc2ccc(/C=C3\SC(=O)NC3=O)cc2)nc1.CCc1ccc(CCOc2ccc(C[C@H]3SC(=O)NC3=O)cc2)nc1. The van der Waals surface area contributed by atoms with Crippen molar-refractivity contribution in [2.75, 3.05) is 13.2 Å². The number of imide groups is 2. The van der Waals surface area contributed by atoms with Crippen molar-refractivity contribution in [3.05, 3.63) is 124 Å². The molecule has 6 rings (SSSR count). The fourth-order valence-corrected chi connectivity index (χ4v) is 6.41. The number of amides is 4. The number of hydrogen-bond donors (Lipinski definition) is 2. The summed E-state index contributed by atoms with van der Waals surface area (Å²) >= 11 is 1.96. The molecule has 1 atom stereocenters. The normalized spacial score (nSPS) is 16.1. The number of thioether (sulfide) groups is 2. The maximum Gasteiger partial charge on any atom is 0.290 e. The molecular formula is C38H38N4O6S2. The molecule has 4 aromatic rings. The zero-order valence-corrected chi connectivity index (χ0v) is 29.5. The van der Waals surface area contributed by atoms with Crippen LogP contribution in [0.4, 0.5) is 9.59 Å². The van der Waals surface area contributed by atoms with Gasteiger partial charge in [0.1, 0.15) is 11.5 Å². The van der Waals surface area contributed by atoms with Crippen LogP contribution < -0.4 is 20.1 Å². The minimum Gasteiger partial charge on any atom is -0.493 e. The Labute approximate surface area is 299 Å². The molecule has 4 heterocycles. The third-order valence-corrected chi connectivity index (χ3v) is 9.57. The van der Waals surface area contributed by atoms with Crippen molar-refractivity contribution in [1.29, 1.82) is 0 Å². The van der Waals surface area contributed by atoms with Crippen molar-refractivity contribution in [2.24, 2.45) is 0 Å². The van der Waals surface area contributed by atoms with E-state index in [9.17, 15) is 19.2 Å². The number of ether oxygens (including phenoxy) is 2. The van der Waals surface area contributed by atoms with Gasteiger partial charge in [0, 0.05) is 36.6 Å². The molecule has 4 amide bonds. The van der Waals surface area contributed by atoms with Crippen molar-refractivity contribution in [3.8, 4) is 11.5 Å². The average Bonchev–Trinajstić information content (AvgIpc) is 3.63. The quantitative estimate of drug-likeness (QED) is 0.144. The monoisotopic (exact) mass is 710 g/mol. The number of carbonyl (C=O) groups excluding carboxylic acids is 4. The second-order valence-corrected chi connectivity index (χ2v) is 13.6. The van der Waals surface area contributed by atoms with Gasteiger partial charge in [-0.25, -0.2) is 0 Å². The predicted molar refractivity (Wildman–Crippen MR) is 196 cm³/mol. The Balaban J connectivity index is 0.000000194. The highest BCUT2D eigenvalue weighted by atomic mass is 32.2. The smallest absolute Gasteiger partial charge is 0.290 e. The molecule has 2 aromatic carbocycles. The first-order valence-corrected chi connectivity index (χ1v) is 18.1. The average molecular weight is 711 g/mol. The minimum atomic E-state index is -0.350. The zero-order chi connectivity index (χ0) is 35.3. The van der Waals surface area contributed by atoms with E-state index in [4.69, 9.17) is 9.47 Å². The van der Waals surface area contributed by atoms with Gasteiger partial charge in [-0.15, -0.1) is 0 Å². The van der Waals surface area contributed by atoms with Crippen LogP contribution >= 0.6 is 23.5 Å². The number of hydrogen-bond acceptors (Lipinski definition) is 10. The predicted octanol–water partition coefficient (Wildman–Crippen LogP) is 6.75. The van der Waals surface area contributed by atoms with Crippen LogP contribution in [-0.4, -0.2) is 50.7 Å². The Morgan fingerprint density at radius 2 is 1.22 bits per heavy atom. The second kappa shape index (κ2) is 18.2. The molecule has 2 aliphatic rings. The molecular weight excluding hydrogens is 673 g/mol. The van der Waals surface area contributed by atoms with Gasteiger partial charge < -0.3 is 9.47 Å². The van der Waals surface area contributed by atoms with E-state index in [0.717, 1.165) is 83.2 Å². The Hall–Kier alpha value is -4.94. The lowest BCUT2D eigenvalue weighted by Gasteiger charge is -2.09. The molecule has 12 heteroatoms. The maximum absolute atomic E-state index is 11.6. The summed E-state index contributed by atoms with van der Waals surface area (Å²) in [5.74, 6) is 0.981. The number of nitrogens with zero attached hydrogens (tertiary/aromatic N) is 2. The first kappa shape index (κ1) is 36.3. The van der Waals surface area contributed by atoms with Crippen LogP contribution in [0.3, 0.4) is 0 Å². The number of rotatable bonds is 13. The molecule has 2 saturated heterocycles. The molecule has 0 bridgehead atoms. The van der Waals surface area contributed by atoms with Gasteiger partial charge in [0.25, 0.3) is 16.4 Å². The summed E-state index contributed by atoms with van der Waals surface area (Å²) in [6.07, 6.45) is 9.52. The van der Waals surface area contributed by atoms with Gasteiger partial charge in [-0.05, 0) is 95.8 Å². The second-order valence-electron chi connectivity index (χ2n) is 11.4. The summed E-state index contributed by atoms with van der Waals surface area (Å²) in [5.41, 5.74) is 6.33. The van der Waals surface area contributed by atoms with E-state index in [2.05, 4.69) is 46.6 Å². The van der Waals surface area contributed by atoms with Gasteiger partial charge in [0.2, 0.25) is 5.91 Å². The summed E-state index contributed by atoms with van der Waals surface area (Å²) in [7, 11) is 0. The molecule has 258 valence electrons. The lowest BCUT2D eigenvalue weighted by molar-refractivity contribution is -0.119. The van der Waals surface area contributed by atoms with E-state index in [-0.39, 0.29) is 27.5 Å². The van der Waals surface area contributed by atoms with Gasteiger partial charge in [-0.1, -0.05) is 62.0 Å². The molecule has 10 nitrogen and oxygen atoms in total. The molecule has 2 N–H and O–H groups in total. The van der Waals surface area contributed by atoms with Crippen LogP contribution in [-0.2, 0) is 41.7 Å². The Morgan fingerprint density at radius 3 is 1.66 bits per heavy atom. The number of carbonyl (C=O) groups is 4. The molecule has 2 aromatic heterocycles. The van der Waals surface area contributed by atoms with Crippen LogP contribution in [0.25, 0.3) is 6.08 Å². The van der Waals surface area contributed by atoms with Crippen LogP contribution in [0, 0.1) is 0 Å². The standard InChI is InChI=1S/C19H20N2O3S.C19H18N2O3S/c2*1-2-13-3-6-15(20-12-13)9-10-24-16-7-4-14(5-8-16)11-17-18(22)21-19(23)25-17/h3-8,12,17H,2,9-11H2,1H3,(H,21,22,23);3-8,11-12H,2,9-10H2,1H3,(H,21,22,23)/b;17-11-/t17-;/m1./s1. The van der Waals surface area contributed by atoms with Crippen LogP contribution in [0.2, 0.25) is 0 Å². The topological polar surface area (TPSA) is 137 Å². The van der Waals surface area contributed by atoms with E-state index in [1.165, 1.54) is 11.1 Å². The zero-order valence-electron chi connectivity index (χ0n) is 27.8. The van der Waals surface area contributed by atoms with Crippen LogP contribution in [0.15, 0.2) is 90.1 Å². The van der Waals surface area contributed by atoms with E-state index in [0.29, 0.717) is 24.5 Å². The highest BCUT2D eigenvalue weighted by Gasteiger charge is 2.31. The van der Waals surface area contributed by atoms with Crippen molar-refractivity contribution in [1.82, 2.24) is 20.6 Å². The lowest BCUT2D eigenvalue weighted by Crippen LogP contribution is -2.25. The van der Waals surface area contributed by atoms with E-state index in [1.807, 2.05) is 73.1 Å². The Bertz CT molecular complexity index is 1810. The van der Waals surface area contributed by atoms with Gasteiger partial charge in [0.15, 0.2) is 0 Å². The van der Waals surface area contributed by atoms with Gasteiger partial charge >= 0.3 is 0 Å². The molecule has 2 aliphatic heterocycles. The van der Waals surface area contributed by atoms with E-state index in [1.54, 1.807) is 6.08 Å². The van der Waals surface area contributed by atoms with Crippen molar-refractivity contribution in [3.63, 3.8) is 0 Å². The molecule has 0 radical (unpaired) electrons. The molecule has 0 aliphatic carbocycles. The fraction of sp³-hybridized carbons (Fsp3) is 0.263. The van der Waals surface area contributed by atoms with E-state index >= 15 is 0 Å². The van der Waals surface area contributed by atoms with Crippen LogP contribution in [0.5, 0.6) is 11.5 Å². The molecule has 2 fully saturated rings. The Kier molecular flexibility index (Phi) is 13.2. The van der Waals surface area contributed by atoms with Gasteiger partial charge in [0.05, 0.1) is 23.4 Å². The first-order chi connectivity index (χ1) is 24.3. The summed E-state index contributed by atoms with van der Waals surface area (Å²) in [4.78, 5) is 54.7. The number of aryl methyl sites for hydroxylation is 2. The van der Waals surface area contributed by atoms with E-state index < -0.39 is 0 Å². The maximum atomic E-state index is 11.6. The highest BCUT2D eigenvalue weighted by molar-refractivity contribution is 8.18. The molecule has 0 spiro atoms. The summed E-state index contributed by atoms with van der Waals surface area (Å²) in [6, 6.07) is 23.3. The fourth-order valence-electron chi connectivity index (χ4n) is 4.87. The highest BCUT2D eigenvalue weighted by Crippen LogP contribution is 2.26. The number of benzene rings is 2. The third-order valence-electron chi connectivity index (χ3n) is 7.77. The van der Waals surface area contributed by atoms with Gasteiger partial charge in [-0.3, -0.25) is 39.8 Å². The minimum absolute atomic E-state index is 0.211. The molecule has 0 saturated carbocycles. The number of aromatic nitrogens is 2. The lowest BCUT2D eigenvalue weighted by atomic mass is 10.1. The molecule has 0 unspecified atom stereocenters. The van der Waals surface area contributed by atoms with Crippen LogP contribution in [0.1, 0.15) is 47.5 Å². The summed E-state index contributed by atoms with van der Waals surface area (Å²) < 4.78 is 11.5. The molecule has 50 heavy (non-hydrogen) atoms. The van der Waals surface area contributed by atoms with Gasteiger partial charge in [-0.2, -0.15) is 0 Å².